The quantitative estimate of drug-likeness (QED) is 0.563. The minimum Gasteiger partial charge on any atom is -0.492 e. The van der Waals surface area contributed by atoms with Crippen LogP contribution in [-0.4, -0.2) is 25.6 Å². The van der Waals surface area contributed by atoms with Crippen molar-refractivity contribution in [3.8, 4) is 5.75 Å². The van der Waals surface area contributed by atoms with Gasteiger partial charge in [-0.2, -0.15) is 0 Å². The molecule has 0 heterocycles. The molecular weight excluding hydrogens is 365 g/mol. The molecule has 0 atom stereocenters. The first-order chi connectivity index (χ1) is 12.0. The maximum atomic E-state index is 12.0. The van der Waals surface area contributed by atoms with Crippen LogP contribution in [0.5, 0.6) is 5.75 Å². The van der Waals surface area contributed by atoms with Crippen molar-refractivity contribution in [3.05, 3.63) is 58.1 Å². The van der Waals surface area contributed by atoms with E-state index in [1.54, 1.807) is 42.5 Å². The summed E-state index contributed by atoms with van der Waals surface area (Å²) in [5.41, 5.74) is 0.913. The molecule has 0 aromatic heterocycles. The largest absolute Gasteiger partial charge is 0.492 e. The fraction of sp³-hybridized carbons (Fsp3) is 0.222. The summed E-state index contributed by atoms with van der Waals surface area (Å²) in [5.74, 6) is -0.102. The Morgan fingerprint density at radius 1 is 1.12 bits per heavy atom. The monoisotopic (exact) mass is 381 g/mol. The minimum absolute atomic E-state index is 0.173. The van der Waals surface area contributed by atoms with Crippen molar-refractivity contribution in [2.24, 2.45) is 0 Å². The van der Waals surface area contributed by atoms with Crippen LogP contribution in [0.25, 0.3) is 0 Å². The molecule has 0 unspecified atom stereocenters. The fourth-order valence-corrected chi connectivity index (χ4v) is 2.54. The van der Waals surface area contributed by atoms with Crippen molar-refractivity contribution < 1.29 is 19.1 Å². The van der Waals surface area contributed by atoms with Crippen molar-refractivity contribution in [1.82, 2.24) is 0 Å². The van der Waals surface area contributed by atoms with Gasteiger partial charge < -0.3 is 14.8 Å². The lowest BCUT2D eigenvalue weighted by atomic mass is 10.2. The van der Waals surface area contributed by atoms with Gasteiger partial charge in [-0.1, -0.05) is 29.3 Å². The molecule has 25 heavy (non-hydrogen) atoms. The van der Waals surface area contributed by atoms with E-state index in [0.29, 0.717) is 40.1 Å². The van der Waals surface area contributed by atoms with Gasteiger partial charge in [-0.15, -0.1) is 0 Å². The van der Waals surface area contributed by atoms with Crippen LogP contribution in [-0.2, 0) is 9.53 Å². The van der Waals surface area contributed by atoms with Crippen LogP contribution in [0.2, 0.25) is 10.0 Å². The van der Waals surface area contributed by atoms with Gasteiger partial charge in [0.1, 0.15) is 5.75 Å². The average molecular weight is 382 g/mol. The van der Waals surface area contributed by atoms with E-state index < -0.39 is 5.97 Å². The van der Waals surface area contributed by atoms with Crippen molar-refractivity contribution in [2.75, 3.05) is 19.0 Å². The highest BCUT2D eigenvalue weighted by molar-refractivity contribution is 6.35. The molecule has 7 heteroatoms. The van der Waals surface area contributed by atoms with Crippen LogP contribution in [0.3, 0.4) is 0 Å². The van der Waals surface area contributed by atoms with E-state index in [2.05, 4.69) is 10.1 Å². The number of amides is 1. The van der Waals surface area contributed by atoms with Gasteiger partial charge in [0, 0.05) is 17.1 Å². The first-order valence-corrected chi connectivity index (χ1v) is 8.31. The third-order valence-corrected chi connectivity index (χ3v) is 3.80. The van der Waals surface area contributed by atoms with E-state index in [4.69, 9.17) is 27.9 Å². The molecule has 0 radical (unpaired) electrons. The molecule has 0 aliphatic carbocycles. The zero-order chi connectivity index (χ0) is 18.2. The summed E-state index contributed by atoms with van der Waals surface area (Å²) < 4.78 is 10.2. The van der Waals surface area contributed by atoms with Gasteiger partial charge >= 0.3 is 5.97 Å². The number of halogens is 2. The molecule has 0 spiro atoms. The molecule has 0 aliphatic heterocycles. The Labute approximate surface area is 155 Å². The molecule has 0 aliphatic rings. The molecule has 0 saturated heterocycles. The third kappa shape index (κ3) is 5.96. The van der Waals surface area contributed by atoms with E-state index in [1.165, 1.54) is 7.11 Å². The molecule has 0 saturated carbocycles. The highest BCUT2D eigenvalue weighted by Gasteiger charge is 2.08. The second-order valence-corrected chi connectivity index (χ2v) is 5.99. The Morgan fingerprint density at radius 3 is 2.64 bits per heavy atom. The second-order valence-electron chi connectivity index (χ2n) is 5.15. The number of methoxy groups -OCH3 is 1. The zero-order valence-corrected chi connectivity index (χ0v) is 15.1. The van der Waals surface area contributed by atoms with E-state index >= 15 is 0 Å². The number of hydrogen-bond acceptors (Lipinski definition) is 4. The smallest absolute Gasteiger partial charge is 0.337 e. The predicted octanol–water partition coefficient (Wildman–Crippen LogP) is 4.58. The summed E-state index contributed by atoms with van der Waals surface area (Å²) in [7, 11) is 1.31. The first kappa shape index (κ1) is 19.1. The maximum absolute atomic E-state index is 12.0. The highest BCUT2D eigenvalue weighted by atomic mass is 35.5. The number of benzene rings is 2. The number of carbonyl (C=O) groups excluding carboxylic acids is 2. The minimum atomic E-state index is -0.454. The van der Waals surface area contributed by atoms with Crippen molar-refractivity contribution in [2.45, 2.75) is 12.8 Å². The van der Waals surface area contributed by atoms with Gasteiger partial charge in [-0.05, 0) is 42.8 Å². The number of esters is 1. The SMILES string of the molecule is COC(=O)c1cccc(NC(=O)CCCOc2ccc(Cl)cc2Cl)c1. The van der Waals surface area contributed by atoms with E-state index in [1.807, 2.05) is 0 Å². The van der Waals surface area contributed by atoms with Crippen molar-refractivity contribution in [3.63, 3.8) is 0 Å². The van der Waals surface area contributed by atoms with E-state index in [0.717, 1.165) is 0 Å². The lowest BCUT2D eigenvalue weighted by Gasteiger charge is -2.09. The summed E-state index contributed by atoms with van der Waals surface area (Å²) in [6.45, 7) is 0.344. The molecule has 2 aromatic rings. The molecule has 5 nitrogen and oxygen atoms in total. The normalized spacial score (nSPS) is 10.2. The molecular formula is C18H17Cl2NO4. The number of anilines is 1. The number of ether oxygens (including phenoxy) is 2. The van der Waals surface area contributed by atoms with E-state index in [9.17, 15) is 9.59 Å². The highest BCUT2D eigenvalue weighted by Crippen LogP contribution is 2.27. The molecule has 132 valence electrons. The Hall–Kier alpha value is -2.24. The average Bonchev–Trinajstić information content (AvgIpc) is 2.59. The standard InChI is InChI=1S/C18H17Cl2NO4/c1-24-18(23)12-4-2-5-14(10-12)21-17(22)6-3-9-25-16-8-7-13(19)11-15(16)20/h2,4-5,7-8,10-11H,3,6,9H2,1H3,(H,21,22). The second kappa shape index (κ2) is 9.30. The topological polar surface area (TPSA) is 64.6 Å². The Morgan fingerprint density at radius 2 is 1.92 bits per heavy atom. The van der Waals surface area contributed by atoms with Crippen LogP contribution < -0.4 is 10.1 Å². The lowest BCUT2D eigenvalue weighted by molar-refractivity contribution is -0.116. The number of carbonyl (C=O) groups is 2. The fourth-order valence-electron chi connectivity index (χ4n) is 2.07. The Kier molecular flexibility index (Phi) is 7.10. The molecule has 0 bridgehead atoms. The lowest BCUT2D eigenvalue weighted by Crippen LogP contribution is -2.13. The molecule has 2 aromatic carbocycles. The molecule has 1 amide bonds. The third-order valence-electron chi connectivity index (χ3n) is 3.27. The van der Waals surface area contributed by atoms with Crippen LogP contribution in [0.4, 0.5) is 5.69 Å². The Bertz CT molecular complexity index is 764. The van der Waals surface area contributed by atoms with Crippen LogP contribution in [0, 0.1) is 0 Å². The van der Waals surface area contributed by atoms with Gasteiger partial charge in [-0.25, -0.2) is 4.79 Å². The zero-order valence-electron chi connectivity index (χ0n) is 13.6. The van der Waals surface area contributed by atoms with Gasteiger partial charge in [-0.3, -0.25) is 4.79 Å². The van der Waals surface area contributed by atoms with Crippen molar-refractivity contribution in [1.29, 1.82) is 0 Å². The van der Waals surface area contributed by atoms with Gasteiger partial charge in [0.15, 0.2) is 0 Å². The van der Waals surface area contributed by atoms with Gasteiger partial charge in [0.05, 0.1) is 24.3 Å². The van der Waals surface area contributed by atoms with Crippen LogP contribution in [0.15, 0.2) is 42.5 Å². The molecule has 1 N–H and O–H groups in total. The predicted molar refractivity (Wildman–Crippen MR) is 97.6 cm³/mol. The van der Waals surface area contributed by atoms with Crippen LogP contribution >= 0.6 is 23.2 Å². The van der Waals surface area contributed by atoms with Gasteiger partial charge in [0.25, 0.3) is 0 Å². The summed E-state index contributed by atoms with van der Waals surface area (Å²) in [4.78, 5) is 23.4. The number of rotatable bonds is 7. The van der Waals surface area contributed by atoms with Gasteiger partial charge in [0.2, 0.25) is 5.91 Å². The first-order valence-electron chi connectivity index (χ1n) is 7.55. The Balaban J connectivity index is 1.78. The van der Waals surface area contributed by atoms with E-state index in [-0.39, 0.29) is 12.3 Å². The van der Waals surface area contributed by atoms with Crippen LogP contribution in [0.1, 0.15) is 23.2 Å². The number of nitrogens with one attached hydrogen (secondary N) is 1. The summed E-state index contributed by atoms with van der Waals surface area (Å²) >= 11 is 11.8. The molecule has 0 fully saturated rings. The molecule has 2 rings (SSSR count). The summed E-state index contributed by atoms with van der Waals surface area (Å²) in [5, 5.41) is 3.69. The maximum Gasteiger partial charge on any atom is 0.337 e. The number of hydrogen-bond donors (Lipinski definition) is 1. The summed E-state index contributed by atoms with van der Waals surface area (Å²) in [6, 6.07) is 11.5. The van der Waals surface area contributed by atoms with Crippen molar-refractivity contribution >= 4 is 40.8 Å². The summed E-state index contributed by atoms with van der Waals surface area (Å²) in [6.07, 6.45) is 0.787.